The van der Waals surface area contributed by atoms with Gasteiger partial charge in [0.1, 0.15) is 0 Å². The van der Waals surface area contributed by atoms with Crippen LogP contribution in [0.15, 0.2) is 30.3 Å². The number of rotatable bonds is 5. The molecule has 18 heavy (non-hydrogen) atoms. The van der Waals surface area contributed by atoms with Gasteiger partial charge in [0, 0.05) is 22.7 Å². The molecule has 0 atom stereocenters. The summed E-state index contributed by atoms with van der Waals surface area (Å²) >= 11 is 2.19. The summed E-state index contributed by atoms with van der Waals surface area (Å²) in [5, 5.41) is 13.1. The highest BCUT2D eigenvalue weighted by Crippen LogP contribution is 2.12. The van der Waals surface area contributed by atoms with Crippen molar-refractivity contribution in [3.8, 4) is 0 Å². The summed E-state index contributed by atoms with van der Waals surface area (Å²) in [6.45, 7) is 0.457. The van der Waals surface area contributed by atoms with Gasteiger partial charge in [-0.2, -0.15) is 0 Å². The second-order valence-corrected chi connectivity index (χ2v) is 4.54. The van der Waals surface area contributed by atoms with Crippen LogP contribution in [0.4, 0.5) is 4.79 Å². The quantitative estimate of drug-likeness (QED) is 0.425. The minimum Gasteiger partial charge on any atom is -0.465 e. The van der Waals surface area contributed by atoms with E-state index < -0.39 is 6.09 Å². The molecule has 0 aliphatic heterocycles. The molecule has 3 N–H and O–H groups in total. The van der Waals surface area contributed by atoms with Crippen molar-refractivity contribution >= 4 is 40.7 Å². The summed E-state index contributed by atoms with van der Waals surface area (Å²) in [6, 6.07) is 7.69. The monoisotopic (exact) mass is 360 g/mol. The molecule has 0 aliphatic rings. The van der Waals surface area contributed by atoms with Crippen molar-refractivity contribution < 1.29 is 14.7 Å². The SMILES string of the molecule is O=C(O)NCCNC(=O)C=Cc1ccccc1I. The maximum atomic E-state index is 11.4. The van der Waals surface area contributed by atoms with Gasteiger partial charge in [-0.1, -0.05) is 18.2 Å². The molecule has 0 bridgehead atoms. The van der Waals surface area contributed by atoms with E-state index in [0.29, 0.717) is 0 Å². The molecule has 2 amide bonds. The third kappa shape index (κ3) is 5.67. The summed E-state index contributed by atoms with van der Waals surface area (Å²) in [5.74, 6) is -0.248. The average molecular weight is 360 g/mol. The summed E-state index contributed by atoms with van der Waals surface area (Å²) in [7, 11) is 0. The Balaban J connectivity index is 2.36. The molecule has 6 heteroatoms. The number of hydrogen-bond acceptors (Lipinski definition) is 2. The van der Waals surface area contributed by atoms with E-state index in [2.05, 4.69) is 33.2 Å². The van der Waals surface area contributed by atoms with Crippen LogP contribution in [0.5, 0.6) is 0 Å². The fourth-order valence-electron chi connectivity index (χ4n) is 1.19. The van der Waals surface area contributed by atoms with Crippen molar-refractivity contribution in [2.45, 2.75) is 0 Å². The number of amides is 2. The Morgan fingerprint density at radius 2 is 1.89 bits per heavy atom. The van der Waals surface area contributed by atoms with Gasteiger partial charge in [-0.25, -0.2) is 4.79 Å². The van der Waals surface area contributed by atoms with Crippen LogP contribution in [-0.2, 0) is 4.79 Å². The highest BCUT2D eigenvalue weighted by molar-refractivity contribution is 14.1. The highest BCUT2D eigenvalue weighted by atomic mass is 127. The number of nitrogens with one attached hydrogen (secondary N) is 2. The fourth-order valence-corrected chi connectivity index (χ4v) is 1.76. The van der Waals surface area contributed by atoms with Crippen LogP contribution in [0.2, 0.25) is 0 Å². The Kier molecular flexibility index (Phi) is 6.20. The van der Waals surface area contributed by atoms with Gasteiger partial charge in [-0.15, -0.1) is 0 Å². The van der Waals surface area contributed by atoms with Crippen molar-refractivity contribution in [1.82, 2.24) is 10.6 Å². The Bertz CT molecular complexity index is 460. The van der Waals surface area contributed by atoms with Gasteiger partial charge in [0.2, 0.25) is 5.91 Å². The molecule has 0 spiro atoms. The fraction of sp³-hybridized carbons (Fsp3) is 0.167. The Hall–Kier alpha value is -1.57. The molecule has 5 nitrogen and oxygen atoms in total. The highest BCUT2D eigenvalue weighted by Gasteiger charge is 1.97. The zero-order valence-electron chi connectivity index (χ0n) is 9.52. The van der Waals surface area contributed by atoms with Gasteiger partial charge in [0.15, 0.2) is 0 Å². The molecule has 0 saturated heterocycles. The van der Waals surface area contributed by atoms with Gasteiger partial charge < -0.3 is 15.7 Å². The van der Waals surface area contributed by atoms with E-state index in [-0.39, 0.29) is 19.0 Å². The van der Waals surface area contributed by atoms with Gasteiger partial charge in [0.05, 0.1) is 0 Å². The Labute approximate surface area is 118 Å². The molecule has 96 valence electrons. The van der Waals surface area contributed by atoms with Gasteiger partial charge in [-0.3, -0.25) is 4.79 Å². The molecular formula is C12H13IN2O3. The number of halogens is 1. The van der Waals surface area contributed by atoms with E-state index in [0.717, 1.165) is 9.13 Å². The molecule has 0 unspecified atom stereocenters. The van der Waals surface area contributed by atoms with Crippen LogP contribution in [0, 0.1) is 3.57 Å². The first-order valence-electron chi connectivity index (χ1n) is 5.27. The summed E-state index contributed by atoms with van der Waals surface area (Å²) < 4.78 is 1.06. The first-order valence-corrected chi connectivity index (χ1v) is 6.34. The number of carbonyl (C=O) groups excluding carboxylic acids is 1. The standard InChI is InChI=1S/C12H13IN2O3/c13-10-4-2-1-3-9(10)5-6-11(16)14-7-8-15-12(17)18/h1-6,15H,7-8H2,(H,14,16)(H,17,18). The number of hydrogen-bond donors (Lipinski definition) is 3. The second kappa shape index (κ2) is 7.70. The van der Waals surface area contributed by atoms with Gasteiger partial charge in [-0.05, 0) is 40.3 Å². The lowest BCUT2D eigenvalue weighted by Crippen LogP contribution is -2.33. The largest absolute Gasteiger partial charge is 0.465 e. The van der Waals surface area contributed by atoms with Crippen molar-refractivity contribution in [3.05, 3.63) is 39.5 Å². The zero-order valence-corrected chi connectivity index (χ0v) is 11.7. The van der Waals surface area contributed by atoms with Gasteiger partial charge >= 0.3 is 6.09 Å². The Morgan fingerprint density at radius 3 is 2.56 bits per heavy atom. The predicted octanol–water partition coefficient (Wildman–Crippen LogP) is 1.69. The van der Waals surface area contributed by atoms with E-state index in [1.807, 2.05) is 24.3 Å². The van der Waals surface area contributed by atoms with Crippen molar-refractivity contribution in [3.63, 3.8) is 0 Å². The number of carbonyl (C=O) groups is 2. The lowest BCUT2D eigenvalue weighted by Gasteiger charge is -2.02. The molecule has 0 radical (unpaired) electrons. The van der Waals surface area contributed by atoms with Crippen LogP contribution in [0.3, 0.4) is 0 Å². The van der Waals surface area contributed by atoms with Crippen LogP contribution in [0.25, 0.3) is 6.08 Å². The molecule has 0 saturated carbocycles. The van der Waals surface area contributed by atoms with E-state index in [1.165, 1.54) is 6.08 Å². The lowest BCUT2D eigenvalue weighted by molar-refractivity contribution is -0.116. The minimum atomic E-state index is -1.10. The smallest absolute Gasteiger partial charge is 0.404 e. The predicted molar refractivity (Wildman–Crippen MR) is 77.2 cm³/mol. The van der Waals surface area contributed by atoms with Crippen molar-refractivity contribution in [2.75, 3.05) is 13.1 Å². The maximum Gasteiger partial charge on any atom is 0.404 e. The maximum absolute atomic E-state index is 11.4. The molecule has 0 aliphatic carbocycles. The minimum absolute atomic E-state index is 0.192. The third-order valence-electron chi connectivity index (χ3n) is 2.02. The molecule has 0 aromatic heterocycles. The molecule has 0 heterocycles. The van der Waals surface area contributed by atoms with Crippen LogP contribution in [0.1, 0.15) is 5.56 Å². The summed E-state index contributed by atoms with van der Waals surface area (Å²) in [5.41, 5.74) is 0.969. The third-order valence-corrected chi connectivity index (χ3v) is 3.00. The van der Waals surface area contributed by atoms with Gasteiger partial charge in [0.25, 0.3) is 0 Å². The van der Waals surface area contributed by atoms with E-state index in [1.54, 1.807) is 6.08 Å². The van der Waals surface area contributed by atoms with E-state index in [9.17, 15) is 9.59 Å². The first kappa shape index (κ1) is 14.5. The lowest BCUT2D eigenvalue weighted by atomic mass is 10.2. The zero-order chi connectivity index (χ0) is 13.4. The summed E-state index contributed by atoms with van der Waals surface area (Å²) in [6.07, 6.45) is 2.05. The average Bonchev–Trinajstić information content (AvgIpc) is 2.33. The van der Waals surface area contributed by atoms with Crippen molar-refractivity contribution in [1.29, 1.82) is 0 Å². The molecule has 1 aromatic rings. The van der Waals surface area contributed by atoms with E-state index in [4.69, 9.17) is 5.11 Å². The molecular weight excluding hydrogens is 347 g/mol. The van der Waals surface area contributed by atoms with Crippen LogP contribution in [-0.4, -0.2) is 30.2 Å². The topological polar surface area (TPSA) is 78.4 Å². The summed E-state index contributed by atoms with van der Waals surface area (Å²) in [4.78, 5) is 21.6. The molecule has 0 fully saturated rings. The number of benzene rings is 1. The number of carboxylic acid groups (broad SMARTS) is 1. The van der Waals surface area contributed by atoms with Crippen LogP contribution < -0.4 is 10.6 Å². The second-order valence-electron chi connectivity index (χ2n) is 3.38. The van der Waals surface area contributed by atoms with Crippen LogP contribution >= 0.6 is 22.6 Å². The van der Waals surface area contributed by atoms with Crippen molar-refractivity contribution in [2.24, 2.45) is 0 Å². The normalized spacial score (nSPS) is 10.3. The molecule has 1 aromatic carbocycles. The Morgan fingerprint density at radius 1 is 1.22 bits per heavy atom. The van der Waals surface area contributed by atoms with E-state index >= 15 is 0 Å². The molecule has 1 rings (SSSR count). The first-order chi connectivity index (χ1) is 8.59.